The van der Waals surface area contributed by atoms with Gasteiger partial charge in [-0.15, -0.1) is 11.3 Å². The van der Waals surface area contributed by atoms with E-state index in [0.29, 0.717) is 16.5 Å². The predicted molar refractivity (Wildman–Crippen MR) is 159 cm³/mol. The minimum absolute atomic E-state index is 0.0849. The van der Waals surface area contributed by atoms with Crippen molar-refractivity contribution in [3.8, 4) is 11.4 Å². The molecule has 0 aliphatic carbocycles. The van der Waals surface area contributed by atoms with Gasteiger partial charge in [-0.1, -0.05) is 6.07 Å². The van der Waals surface area contributed by atoms with Crippen LogP contribution in [-0.4, -0.2) is 100.0 Å². The highest BCUT2D eigenvalue weighted by Crippen LogP contribution is 2.27. The molecule has 212 valence electrons. The molecule has 0 bridgehead atoms. The number of carbonyl (C=O) groups is 2. The molecule has 0 spiro atoms. The fourth-order valence-electron chi connectivity index (χ4n) is 4.34. The third kappa shape index (κ3) is 6.92. The van der Waals surface area contributed by atoms with Crippen molar-refractivity contribution < 1.29 is 27.5 Å². The summed E-state index contributed by atoms with van der Waals surface area (Å²) in [5.74, 6) is -0.339. The van der Waals surface area contributed by atoms with E-state index in [-0.39, 0.29) is 17.8 Å². The lowest BCUT2D eigenvalue weighted by Gasteiger charge is -2.36. The van der Waals surface area contributed by atoms with Crippen LogP contribution in [0.15, 0.2) is 42.0 Å². The van der Waals surface area contributed by atoms with E-state index in [1.807, 2.05) is 32.0 Å². The van der Waals surface area contributed by atoms with Crippen molar-refractivity contribution in [2.24, 2.45) is 0 Å². The highest BCUT2D eigenvalue weighted by molar-refractivity contribution is 7.89. The Hall–Kier alpha value is -3.20. The zero-order valence-electron chi connectivity index (χ0n) is 23.2. The SMILES string of the molecule is BC(B)(OC)C(NC(=O)c1ccn(S(C)(=O)=O)c1)C(=O)Nc1nc(-c2cccc(N3C[C@@H](C)O[C@@H](C)C3)n2)cs1. The maximum atomic E-state index is 13.3. The van der Waals surface area contributed by atoms with E-state index >= 15 is 0 Å². The van der Waals surface area contributed by atoms with E-state index in [1.165, 1.54) is 36.9 Å². The Kier molecular flexibility index (Phi) is 8.73. The van der Waals surface area contributed by atoms with Gasteiger partial charge in [0.1, 0.15) is 33.2 Å². The molecule has 1 aliphatic rings. The lowest BCUT2D eigenvalue weighted by Crippen LogP contribution is -2.60. The molecule has 3 aromatic heterocycles. The molecule has 1 unspecified atom stereocenters. The van der Waals surface area contributed by atoms with Crippen LogP contribution in [0.4, 0.5) is 10.9 Å². The molecular weight excluding hydrogens is 554 g/mol. The number of hydrogen-bond donors (Lipinski definition) is 2. The number of hydrogen-bond acceptors (Lipinski definition) is 10. The minimum atomic E-state index is -3.56. The molecular formula is C24H32B2N6O6S2. The van der Waals surface area contributed by atoms with Crippen molar-refractivity contribution in [3.63, 3.8) is 0 Å². The number of methoxy groups -OCH3 is 1. The van der Waals surface area contributed by atoms with Gasteiger partial charge in [-0.05, 0) is 32.0 Å². The fraction of sp³-hybridized carbons (Fsp3) is 0.417. The molecule has 2 amide bonds. The highest BCUT2D eigenvalue weighted by atomic mass is 32.2. The van der Waals surface area contributed by atoms with Crippen molar-refractivity contribution in [1.29, 1.82) is 0 Å². The molecule has 1 aliphatic heterocycles. The van der Waals surface area contributed by atoms with Crippen molar-refractivity contribution >= 4 is 59.8 Å². The van der Waals surface area contributed by atoms with Crippen molar-refractivity contribution in [3.05, 3.63) is 47.6 Å². The van der Waals surface area contributed by atoms with Gasteiger partial charge in [-0.2, -0.15) is 0 Å². The van der Waals surface area contributed by atoms with Crippen LogP contribution in [0.2, 0.25) is 0 Å². The number of aromatic nitrogens is 3. The van der Waals surface area contributed by atoms with E-state index in [2.05, 4.69) is 20.5 Å². The second kappa shape index (κ2) is 11.7. The van der Waals surface area contributed by atoms with Crippen LogP contribution >= 0.6 is 11.3 Å². The van der Waals surface area contributed by atoms with Crippen LogP contribution in [-0.2, 0) is 24.3 Å². The van der Waals surface area contributed by atoms with E-state index in [9.17, 15) is 18.0 Å². The Morgan fingerprint density at radius 2 is 1.88 bits per heavy atom. The van der Waals surface area contributed by atoms with E-state index < -0.39 is 33.3 Å². The number of carbonyl (C=O) groups excluding carboxylic acids is 2. The first-order chi connectivity index (χ1) is 18.8. The molecule has 1 saturated heterocycles. The largest absolute Gasteiger partial charge is 0.393 e. The summed E-state index contributed by atoms with van der Waals surface area (Å²) in [7, 11) is 1.20. The summed E-state index contributed by atoms with van der Waals surface area (Å²) in [5.41, 5.74) is 1.35. The Balaban J connectivity index is 1.49. The van der Waals surface area contributed by atoms with Gasteiger partial charge in [0, 0.05) is 43.4 Å². The minimum Gasteiger partial charge on any atom is -0.393 e. The van der Waals surface area contributed by atoms with E-state index in [0.717, 1.165) is 29.1 Å². The van der Waals surface area contributed by atoms with Gasteiger partial charge in [-0.3, -0.25) is 13.6 Å². The summed E-state index contributed by atoms with van der Waals surface area (Å²) in [6.45, 7) is 5.54. The Morgan fingerprint density at radius 1 is 1.18 bits per heavy atom. The zero-order valence-corrected chi connectivity index (χ0v) is 24.9. The van der Waals surface area contributed by atoms with E-state index in [4.69, 9.17) is 14.5 Å². The topological polar surface area (TPSA) is 145 Å². The highest BCUT2D eigenvalue weighted by Gasteiger charge is 2.37. The molecule has 0 aromatic carbocycles. The number of pyridine rings is 1. The van der Waals surface area contributed by atoms with Crippen LogP contribution in [0.1, 0.15) is 24.2 Å². The number of nitrogens with zero attached hydrogens (tertiary/aromatic N) is 4. The number of amides is 2. The number of rotatable bonds is 9. The Bertz CT molecular complexity index is 1480. The normalized spacial score (nSPS) is 18.8. The summed E-state index contributed by atoms with van der Waals surface area (Å²) < 4.78 is 35.8. The van der Waals surface area contributed by atoms with Crippen molar-refractivity contribution in [2.75, 3.05) is 36.7 Å². The Labute approximate surface area is 239 Å². The van der Waals surface area contributed by atoms with Gasteiger partial charge in [-0.25, -0.2) is 18.4 Å². The summed E-state index contributed by atoms with van der Waals surface area (Å²) >= 11 is 1.23. The van der Waals surface area contributed by atoms with Gasteiger partial charge in [0.15, 0.2) is 5.13 Å². The molecule has 4 rings (SSSR count). The number of morpholine rings is 1. The molecule has 4 heterocycles. The molecule has 12 nitrogen and oxygen atoms in total. The maximum absolute atomic E-state index is 13.3. The molecule has 16 heteroatoms. The van der Waals surface area contributed by atoms with Crippen LogP contribution in [0.5, 0.6) is 0 Å². The molecule has 3 aromatic rings. The second-order valence-corrected chi connectivity index (χ2v) is 13.0. The summed E-state index contributed by atoms with van der Waals surface area (Å²) in [5, 5.41) is 6.46. The number of thiazole rings is 1. The van der Waals surface area contributed by atoms with Gasteiger partial charge in [0.05, 0.1) is 29.7 Å². The maximum Gasteiger partial charge on any atom is 0.253 e. The van der Waals surface area contributed by atoms with E-state index in [1.54, 1.807) is 21.1 Å². The van der Waals surface area contributed by atoms with Crippen LogP contribution in [0.25, 0.3) is 11.4 Å². The van der Waals surface area contributed by atoms with Crippen LogP contribution in [0.3, 0.4) is 0 Å². The number of ether oxygens (including phenoxy) is 2. The summed E-state index contributed by atoms with van der Waals surface area (Å²) in [6.07, 6.45) is 3.67. The monoisotopic (exact) mass is 586 g/mol. The third-order valence-corrected chi connectivity index (χ3v) is 8.30. The molecule has 3 atom stereocenters. The predicted octanol–water partition coefficient (Wildman–Crippen LogP) is -0.269. The van der Waals surface area contributed by atoms with Gasteiger partial charge in [0.2, 0.25) is 15.9 Å². The molecule has 2 N–H and O–H groups in total. The lowest BCUT2D eigenvalue weighted by atomic mass is 9.60. The van der Waals surface area contributed by atoms with Crippen LogP contribution in [0, 0.1) is 0 Å². The van der Waals surface area contributed by atoms with Gasteiger partial charge in [0.25, 0.3) is 5.91 Å². The summed E-state index contributed by atoms with van der Waals surface area (Å²) in [4.78, 5) is 37.8. The first-order valence-corrected chi connectivity index (χ1v) is 15.4. The number of nitrogens with one attached hydrogen (secondary N) is 2. The average Bonchev–Trinajstić information content (AvgIpc) is 3.57. The van der Waals surface area contributed by atoms with Gasteiger partial charge >= 0.3 is 0 Å². The zero-order chi connectivity index (χ0) is 29.2. The first-order valence-electron chi connectivity index (χ1n) is 12.7. The van der Waals surface area contributed by atoms with Crippen LogP contribution < -0.4 is 15.5 Å². The van der Waals surface area contributed by atoms with Crippen molar-refractivity contribution in [1.82, 2.24) is 19.3 Å². The first kappa shape index (κ1) is 29.8. The smallest absolute Gasteiger partial charge is 0.253 e. The molecule has 0 radical (unpaired) electrons. The molecule has 40 heavy (non-hydrogen) atoms. The average molecular weight is 586 g/mol. The van der Waals surface area contributed by atoms with Crippen molar-refractivity contribution in [2.45, 2.75) is 37.5 Å². The fourth-order valence-corrected chi connectivity index (χ4v) is 5.63. The third-order valence-electron chi connectivity index (χ3n) is 6.55. The summed E-state index contributed by atoms with van der Waals surface area (Å²) in [6, 6.07) is 5.97. The molecule has 0 saturated carbocycles. The van der Waals surface area contributed by atoms with Gasteiger partial charge < -0.3 is 25.0 Å². The quantitative estimate of drug-likeness (QED) is 0.324. The second-order valence-electron chi connectivity index (χ2n) is 10.3. The lowest BCUT2D eigenvalue weighted by molar-refractivity contribution is -0.120. The standard InChI is InChI=1S/C24H32B2N6O6S2/c1-14-10-31(11-15(2)38-14)19-7-5-6-17(27-19)18-13-39-23(28-18)30-22(34)20(24(25,26)37-3)29-21(33)16-8-9-32(12-16)40(4,35)36/h5-9,12-15,20H,10-11,25-26H2,1-4H3,(H,29,33)(H,28,30,34)/t14-,15+,20?. The Morgan fingerprint density at radius 3 is 2.50 bits per heavy atom. The molecule has 1 fully saturated rings. The number of anilines is 2.